The molecule has 35 heavy (non-hydrogen) atoms. The Bertz CT molecular complexity index is 1190. The number of nitrogens with zero attached hydrogens (tertiary/aromatic N) is 2. The van der Waals surface area contributed by atoms with E-state index in [9.17, 15) is 14.4 Å². The highest BCUT2D eigenvalue weighted by Crippen LogP contribution is 2.64. The second-order valence-electron chi connectivity index (χ2n) is 11.8. The van der Waals surface area contributed by atoms with Crippen molar-refractivity contribution in [2.75, 3.05) is 18.9 Å². The van der Waals surface area contributed by atoms with Crippen LogP contribution < -0.4 is 14.8 Å². The van der Waals surface area contributed by atoms with E-state index in [-0.39, 0.29) is 35.7 Å². The van der Waals surface area contributed by atoms with Crippen LogP contribution in [0.25, 0.3) is 0 Å². The van der Waals surface area contributed by atoms with Crippen LogP contribution in [0, 0.1) is 11.3 Å². The van der Waals surface area contributed by atoms with E-state index < -0.39 is 16.4 Å². The van der Waals surface area contributed by atoms with Gasteiger partial charge in [0.1, 0.15) is 11.6 Å². The summed E-state index contributed by atoms with van der Waals surface area (Å²) in [5.74, 6) is 0.987. The van der Waals surface area contributed by atoms with Gasteiger partial charge in [0.25, 0.3) is 0 Å². The second kappa shape index (κ2) is 7.02. The van der Waals surface area contributed by atoms with Gasteiger partial charge in [-0.05, 0) is 56.2 Å². The summed E-state index contributed by atoms with van der Waals surface area (Å²) in [6.07, 6.45) is 5.89. The Morgan fingerprint density at radius 3 is 2.66 bits per heavy atom. The van der Waals surface area contributed by atoms with Crippen molar-refractivity contribution in [2.45, 2.75) is 76.5 Å². The van der Waals surface area contributed by atoms with Crippen LogP contribution in [0.3, 0.4) is 0 Å². The topological polar surface area (TPSA) is 88.2 Å². The van der Waals surface area contributed by atoms with E-state index in [1.54, 1.807) is 11.2 Å². The summed E-state index contributed by atoms with van der Waals surface area (Å²) >= 11 is 0. The molecule has 4 aliphatic heterocycles. The van der Waals surface area contributed by atoms with Crippen LogP contribution in [0.5, 0.6) is 11.5 Å². The van der Waals surface area contributed by atoms with Gasteiger partial charge in [0, 0.05) is 32.0 Å². The molecule has 0 bridgehead atoms. The fraction of sp³-hybridized carbons (Fsp3) is 0.593. The summed E-state index contributed by atoms with van der Waals surface area (Å²) in [6, 6.07) is 3.32. The van der Waals surface area contributed by atoms with Gasteiger partial charge in [0.15, 0.2) is 11.5 Å². The van der Waals surface area contributed by atoms with Gasteiger partial charge in [-0.25, -0.2) is 0 Å². The first-order valence-electron chi connectivity index (χ1n) is 12.6. The summed E-state index contributed by atoms with van der Waals surface area (Å²) in [7, 11) is 1.84. The van der Waals surface area contributed by atoms with Crippen LogP contribution in [0.4, 0.5) is 5.69 Å². The molecule has 1 aliphatic carbocycles. The number of benzene rings is 1. The van der Waals surface area contributed by atoms with E-state index in [4.69, 9.17) is 9.47 Å². The lowest BCUT2D eigenvalue weighted by Crippen LogP contribution is -2.53. The molecule has 0 radical (unpaired) electrons. The maximum absolute atomic E-state index is 13.9. The van der Waals surface area contributed by atoms with E-state index in [0.29, 0.717) is 43.0 Å². The molecule has 1 unspecified atom stereocenters. The van der Waals surface area contributed by atoms with E-state index >= 15 is 0 Å². The minimum Gasteiger partial charge on any atom is -0.480 e. The standard InChI is InChI=1S/C27H33N3O5/c1-25(2)11-12-34-22-19(35-25)10-9-15-21(22)28-24(33)27(15)13-18-16(26(27,3)4)14-30-17(23(32)29(18)5)7-6-8-20(30)31/h9-12,16-18H,6-8,13-14H2,1-5H3,(H,28,33)/t16?,17-,18-,27-/m1/s1. The Morgan fingerprint density at radius 2 is 1.89 bits per heavy atom. The number of anilines is 1. The highest BCUT2D eigenvalue weighted by atomic mass is 16.5. The highest BCUT2D eigenvalue weighted by molar-refractivity contribution is 6.09. The quantitative estimate of drug-likeness (QED) is 0.617. The largest absolute Gasteiger partial charge is 0.480 e. The van der Waals surface area contributed by atoms with Crippen LogP contribution in [0.1, 0.15) is 58.9 Å². The summed E-state index contributed by atoms with van der Waals surface area (Å²) in [5, 5.41) is 3.12. The molecule has 1 N–H and O–H groups in total. The van der Waals surface area contributed by atoms with Crippen LogP contribution >= 0.6 is 0 Å². The van der Waals surface area contributed by atoms with Crippen LogP contribution in [-0.4, -0.2) is 58.8 Å². The summed E-state index contributed by atoms with van der Waals surface area (Å²) < 4.78 is 12.1. The molecule has 3 fully saturated rings. The number of likely N-dealkylation sites (N-methyl/N-ethyl adjacent to an activating group) is 1. The number of nitrogens with one attached hydrogen (secondary N) is 1. The number of hydrogen-bond acceptors (Lipinski definition) is 5. The smallest absolute Gasteiger partial charge is 0.245 e. The third kappa shape index (κ3) is 2.82. The van der Waals surface area contributed by atoms with E-state index in [0.717, 1.165) is 12.0 Å². The van der Waals surface area contributed by atoms with E-state index in [2.05, 4.69) is 19.2 Å². The zero-order valence-electron chi connectivity index (χ0n) is 21.0. The lowest BCUT2D eigenvalue weighted by Gasteiger charge is -2.42. The van der Waals surface area contributed by atoms with E-state index in [1.165, 1.54) is 0 Å². The molecule has 1 spiro atoms. The molecule has 1 saturated carbocycles. The van der Waals surface area contributed by atoms with Crippen LogP contribution in [-0.2, 0) is 19.8 Å². The minimum absolute atomic E-state index is 0.0111. The molecule has 186 valence electrons. The maximum Gasteiger partial charge on any atom is 0.245 e. The maximum atomic E-state index is 13.9. The number of hydrogen-bond donors (Lipinski definition) is 1. The Balaban J connectivity index is 1.47. The monoisotopic (exact) mass is 479 g/mol. The molecular formula is C27H33N3O5. The zero-order valence-corrected chi connectivity index (χ0v) is 21.0. The third-order valence-electron chi connectivity index (χ3n) is 9.33. The Kier molecular flexibility index (Phi) is 4.50. The SMILES string of the molecule is CN1C(=O)[C@H]2CCCC(=O)N2CC2[C@H]1C[C@@]1(C(=O)Nc3c1ccc1c3OC=CC(C)(C)O1)C2(C)C. The minimum atomic E-state index is -0.859. The molecule has 8 nitrogen and oxygen atoms in total. The molecule has 5 aliphatic rings. The number of carbonyl (C=O) groups excluding carboxylic acids is 3. The summed E-state index contributed by atoms with van der Waals surface area (Å²) in [5.41, 5.74) is -0.413. The fourth-order valence-corrected chi connectivity index (χ4v) is 7.30. The molecule has 1 aromatic carbocycles. The van der Waals surface area contributed by atoms with Crippen molar-refractivity contribution in [3.05, 3.63) is 30.0 Å². The normalized spacial score (nSPS) is 34.2. The van der Waals surface area contributed by atoms with Gasteiger partial charge in [0.05, 0.1) is 17.4 Å². The van der Waals surface area contributed by atoms with E-state index in [1.807, 2.05) is 44.0 Å². The molecule has 2 saturated heterocycles. The van der Waals surface area contributed by atoms with Gasteiger partial charge in [0.2, 0.25) is 17.7 Å². The fourth-order valence-electron chi connectivity index (χ4n) is 7.30. The van der Waals surface area contributed by atoms with Gasteiger partial charge in [-0.1, -0.05) is 19.9 Å². The Morgan fingerprint density at radius 1 is 1.11 bits per heavy atom. The lowest BCUT2D eigenvalue weighted by atomic mass is 9.61. The zero-order chi connectivity index (χ0) is 24.9. The van der Waals surface area contributed by atoms with Crippen molar-refractivity contribution < 1.29 is 23.9 Å². The molecular weight excluding hydrogens is 446 g/mol. The number of ether oxygens (including phenoxy) is 2. The number of fused-ring (bicyclic) bond motifs is 6. The van der Waals surface area contributed by atoms with Gasteiger partial charge >= 0.3 is 0 Å². The highest BCUT2D eigenvalue weighted by Gasteiger charge is 2.68. The predicted molar refractivity (Wildman–Crippen MR) is 129 cm³/mol. The van der Waals surface area contributed by atoms with Gasteiger partial charge < -0.3 is 24.6 Å². The van der Waals surface area contributed by atoms with Gasteiger partial charge in [-0.2, -0.15) is 0 Å². The number of carbonyl (C=O) groups is 3. The number of rotatable bonds is 0. The van der Waals surface area contributed by atoms with Crippen molar-refractivity contribution in [3.8, 4) is 11.5 Å². The van der Waals surface area contributed by atoms with Crippen molar-refractivity contribution in [1.29, 1.82) is 0 Å². The van der Waals surface area contributed by atoms with Crippen molar-refractivity contribution >= 4 is 23.4 Å². The van der Waals surface area contributed by atoms with Gasteiger partial charge in [-0.3, -0.25) is 14.4 Å². The molecule has 1 aromatic rings. The van der Waals surface area contributed by atoms with Crippen molar-refractivity contribution in [3.63, 3.8) is 0 Å². The Labute approximate surface area is 205 Å². The first kappa shape index (κ1) is 22.4. The van der Waals surface area contributed by atoms with Crippen molar-refractivity contribution in [2.24, 2.45) is 11.3 Å². The first-order valence-corrected chi connectivity index (χ1v) is 12.6. The molecule has 3 amide bonds. The average Bonchev–Trinajstić information content (AvgIpc) is 3.08. The molecule has 6 rings (SSSR count). The number of piperidine rings is 1. The number of amides is 3. The van der Waals surface area contributed by atoms with Crippen LogP contribution in [0.2, 0.25) is 0 Å². The predicted octanol–water partition coefficient (Wildman–Crippen LogP) is 3.21. The second-order valence-corrected chi connectivity index (χ2v) is 11.8. The lowest BCUT2D eigenvalue weighted by molar-refractivity contribution is -0.147. The van der Waals surface area contributed by atoms with Crippen LogP contribution in [0.15, 0.2) is 24.5 Å². The molecule has 0 aromatic heterocycles. The summed E-state index contributed by atoms with van der Waals surface area (Å²) in [6.45, 7) is 8.62. The molecule has 4 atom stereocenters. The molecule has 8 heteroatoms. The van der Waals surface area contributed by atoms with Crippen molar-refractivity contribution in [1.82, 2.24) is 9.80 Å². The average molecular weight is 480 g/mol. The molecule has 4 heterocycles. The third-order valence-corrected chi connectivity index (χ3v) is 9.33. The van der Waals surface area contributed by atoms with Gasteiger partial charge in [-0.15, -0.1) is 0 Å². The first-order chi connectivity index (χ1) is 16.5. The summed E-state index contributed by atoms with van der Waals surface area (Å²) in [4.78, 5) is 43.9. The Hall–Kier alpha value is -3.03.